The smallest absolute Gasteiger partial charge is 0.274 e. The van der Waals surface area contributed by atoms with Crippen LogP contribution in [0.3, 0.4) is 0 Å². The molecule has 0 bridgehead atoms. The molecule has 1 unspecified atom stereocenters. The number of pyridine rings is 1. The minimum atomic E-state index is 0.0514. The van der Waals surface area contributed by atoms with E-state index in [1.165, 1.54) is 0 Å². The average molecular weight is 272 g/mol. The van der Waals surface area contributed by atoms with Crippen molar-refractivity contribution in [1.29, 1.82) is 0 Å². The van der Waals surface area contributed by atoms with Gasteiger partial charge in [0, 0.05) is 25.3 Å². The summed E-state index contributed by atoms with van der Waals surface area (Å²) in [5, 5.41) is 0. The van der Waals surface area contributed by atoms with E-state index in [0.29, 0.717) is 11.7 Å². The fraction of sp³-hybridized carbons (Fsp3) is 0.467. The van der Waals surface area contributed by atoms with E-state index in [4.69, 9.17) is 0 Å². The number of carbonyl (C=O) groups excluding carboxylic acids is 1. The van der Waals surface area contributed by atoms with Crippen LogP contribution in [-0.4, -0.2) is 58.3 Å². The van der Waals surface area contributed by atoms with E-state index in [0.717, 1.165) is 30.9 Å². The van der Waals surface area contributed by atoms with E-state index in [9.17, 15) is 4.79 Å². The van der Waals surface area contributed by atoms with Crippen molar-refractivity contribution in [2.75, 3.05) is 27.2 Å². The lowest BCUT2D eigenvalue weighted by molar-refractivity contribution is 0.0777. The highest BCUT2D eigenvalue weighted by molar-refractivity contribution is 5.94. The summed E-state index contributed by atoms with van der Waals surface area (Å²) in [6.45, 7) is 3.56. The molecule has 106 valence electrons. The van der Waals surface area contributed by atoms with Crippen LogP contribution in [0.5, 0.6) is 0 Å². The first-order chi connectivity index (χ1) is 9.58. The van der Waals surface area contributed by atoms with Crippen LogP contribution in [0.4, 0.5) is 0 Å². The molecule has 1 fully saturated rings. The van der Waals surface area contributed by atoms with Crippen LogP contribution < -0.4 is 0 Å². The summed E-state index contributed by atoms with van der Waals surface area (Å²) in [6, 6.07) is 6.27. The fourth-order valence-electron chi connectivity index (χ4n) is 2.82. The maximum Gasteiger partial charge on any atom is 0.274 e. The number of hydrogen-bond acceptors (Lipinski definition) is 3. The zero-order valence-electron chi connectivity index (χ0n) is 12.2. The van der Waals surface area contributed by atoms with Gasteiger partial charge in [0.15, 0.2) is 0 Å². The lowest BCUT2D eigenvalue weighted by Gasteiger charge is -2.20. The molecule has 2 aromatic heterocycles. The van der Waals surface area contributed by atoms with Gasteiger partial charge in [-0.2, -0.15) is 0 Å². The number of likely N-dealkylation sites (N-methyl/N-ethyl adjacent to an activating group) is 1. The van der Waals surface area contributed by atoms with Gasteiger partial charge in [-0.05, 0) is 39.6 Å². The molecule has 20 heavy (non-hydrogen) atoms. The second-order valence-corrected chi connectivity index (χ2v) is 5.63. The molecule has 3 rings (SSSR count). The van der Waals surface area contributed by atoms with Crippen LogP contribution in [0, 0.1) is 6.92 Å². The van der Waals surface area contributed by atoms with E-state index >= 15 is 0 Å². The number of likely N-dealkylation sites (tertiary alicyclic amines) is 1. The fourth-order valence-corrected chi connectivity index (χ4v) is 2.82. The molecule has 0 N–H and O–H groups in total. The second-order valence-electron chi connectivity index (χ2n) is 5.63. The van der Waals surface area contributed by atoms with Crippen molar-refractivity contribution in [3.8, 4) is 0 Å². The summed E-state index contributed by atoms with van der Waals surface area (Å²) in [5.74, 6) is 0.0514. The van der Waals surface area contributed by atoms with Gasteiger partial charge in [-0.1, -0.05) is 6.07 Å². The molecule has 1 atom stereocenters. The van der Waals surface area contributed by atoms with Gasteiger partial charge in [-0.3, -0.25) is 4.79 Å². The number of fused-ring (bicyclic) bond motifs is 1. The number of carbonyl (C=O) groups is 1. The van der Waals surface area contributed by atoms with Crippen LogP contribution in [0.1, 0.15) is 22.6 Å². The molecule has 1 aliphatic heterocycles. The topological polar surface area (TPSA) is 40.9 Å². The Morgan fingerprint density at radius 3 is 2.85 bits per heavy atom. The molecular formula is C15H20N4O. The van der Waals surface area contributed by atoms with Gasteiger partial charge in [-0.25, -0.2) is 4.98 Å². The first-order valence-corrected chi connectivity index (χ1v) is 6.97. The third kappa shape index (κ3) is 2.08. The van der Waals surface area contributed by atoms with Gasteiger partial charge >= 0.3 is 0 Å². The molecule has 0 radical (unpaired) electrons. The molecule has 5 nitrogen and oxygen atoms in total. The zero-order valence-corrected chi connectivity index (χ0v) is 12.2. The van der Waals surface area contributed by atoms with Crippen molar-refractivity contribution in [2.45, 2.75) is 19.4 Å². The monoisotopic (exact) mass is 272 g/mol. The van der Waals surface area contributed by atoms with E-state index in [-0.39, 0.29) is 5.91 Å². The lowest BCUT2D eigenvalue weighted by atomic mass is 10.2. The summed E-state index contributed by atoms with van der Waals surface area (Å²) in [7, 11) is 4.13. The van der Waals surface area contributed by atoms with Gasteiger partial charge in [0.1, 0.15) is 11.3 Å². The number of rotatable bonds is 2. The number of amides is 1. The summed E-state index contributed by atoms with van der Waals surface area (Å²) in [4.78, 5) is 21.2. The molecule has 0 aromatic carbocycles. The lowest BCUT2D eigenvalue weighted by Crippen LogP contribution is -2.34. The van der Waals surface area contributed by atoms with E-state index < -0.39 is 0 Å². The Morgan fingerprint density at radius 2 is 2.20 bits per heavy atom. The number of imidazole rings is 1. The van der Waals surface area contributed by atoms with Crippen molar-refractivity contribution < 1.29 is 4.79 Å². The SMILES string of the molecule is Cc1c(C(=O)N2CCC(N(C)C)C2)nc2ccccn12. The Morgan fingerprint density at radius 1 is 1.40 bits per heavy atom. The first-order valence-electron chi connectivity index (χ1n) is 6.97. The van der Waals surface area contributed by atoms with Crippen molar-refractivity contribution in [3.63, 3.8) is 0 Å². The maximum absolute atomic E-state index is 12.6. The third-order valence-electron chi connectivity index (χ3n) is 4.15. The zero-order chi connectivity index (χ0) is 14.3. The highest BCUT2D eigenvalue weighted by atomic mass is 16.2. The first kappa shape index (κ1) is 13.1. The third-order valence-corrected chi connectivity index (χ3v) is 4.15. The van der Waals surface area contributed by atoms with Crippen LogP contribution >= 0.6 is 0 Å². The normalized spacial score (nSPS) is 19.2. The Kier molecular flexibility index (Phi) is 3.22. The molecule has 0 spiro atoms. The molecule has 2 aromatic rings. The summed E-state index contributed by atoms with van der Waals surface area (Å²) in [5.41, 5.74) is 2.33. The van der Waals surface area contributed by atoms with Crippen molar-refractivity contribution >= 4 is 11.6 Å². The Labute approximate surface area is 118 Å². The molecule has 1 amide bonds. The number of aryl methyl sites for hydroxylation is 1. The highest BCUT2D eigenvalue weighted by Gasteiger charge is 2.30. The maximum atomic E-state index is 12.6. The minimum Gasteiger partial charge on any atom is -0.336 e. The van der Waals surface area contributed by atoms with Crippen LogP contribution in [-0.2, 0) is 0 Å². The van der Waals surface area contributed by atoms with Crippen LogP contribution in [0.2, 0.25) is 0 Å². The molecule has 1 saturated heterocycles. The van der Waals surface area contributed by atoms with Gasteiger partial charge < -0.3 is 14.2 Å². The molecule has 1 aliphatic rings. The molecule has 3 heterocycles. The van der Waals surface area contributed by atoms with Gasteiger partial charge in [0.25, 0.3) is 5.91 Å². The minimum absolute atomic E-state index is 0.0514. The molecule has 0 aliphatic carbocycles. The Balaban J connectivity index is 1.88. The number of aromatic nitrogens is 2. The van der Waals surface area contributed by atoms with E-state index in [2.05, 4.69) is 24.0 Å². The molecular weight excluding hydrogens is 252 g/mol. The Hall–Kier alpha value is -1.88. The summed E-state index contributed by atoms with van der Waals surface area (Å²) < 4.78 is 1.97. The molecule has 0 saturated carbocycles. The Bertz CT molecular complexity index is 646. The van der Waals surface area contributed by atoms with Crippen molar-refractivity contribution in [1.82, 2.24) is 19.2 Å². The van der Waals surface area contributed by atoms with E-state index in [1.807, 2.05) is 40.6 Å². The highest BCUT2D eigenvalue weighted by Crippen LogP contribution is 2.19. The summed E-state index contributed by atoms with van der Waals surface area (Å²) >= 11 is 0. The largest absolute Gasteiger partial charge is 0.336 e. The predicted octanol–water partition coefficient (Wildman–Crippen LogP) is 1.42. The predicted molar refractivity (Wildman–Crippen MR) is 77.9 cm³/mol. The average Bonchev–Trinajstić information content (AvgIpc) is 3.04. The van der Waals surface area contributed by atoms with Gasteiger partial charge in [0.05, 0.1) is 5.69 Å². The number of nitrogens with zero attached hydrogens (tertiary/aromatic N) is 4. The van der Waals surface area contributed by atoms with Crippen molar-refractivity contribution in [3.05, 3.63) is 35.8 Å². The van der Waals surface area contributed by atoms with Gasteiger partial charge in [0.2, 0.25) is 0 Å². The van der Waals surface area contributed by atoms with E-state index in [1.54, 1.807) is 0 Å². The second kappa shape index (κ2) is 4.90. The quantitative estimate of drug-likeness (QED) is 0.830. The van der Waals surface area contributed by atoms with Gasteiger partial charge in [-0.15, -0.1) is 0 Å². The summed E-state index contributed by atoms with van der Waals surface area (Å²) in [6.07, 6.45) is 2.98. The molecule has 5 heteroatoms. The van der Waals surface area contributed by atoms with Crippen LogP contribution in [0.25, 0.3) is 5.65 Å². The van der Waals surface area contributed by atoms with Crippen molar-refractivity contribution in [2.24, 2.45) is 0 Å². The number of hydrogen-bond donors (Lipinski definition) is 0. The standard InChI is InChI=1S/C15H20N4O/c1-11-14(16-13-6-4-5-8-19(11)13)15(20)18-9-7-12(10-18)17(2)3/h4-6,8,12H,7,9-10H2,1-3H3. The van der Waals surface area contributed by atoms with Crippen LogP contribution in [0.15, 0.2) is 24.4 Å².